The van der Waals surface area contributed by atoms with Crippen molar-refractivity contribution in [3.05, 3.63) is 57.6 Å². The molecule has 1 aliphatic rings. The Morgan fingerprint density at radius 1 is 1.05 bits per heavy atom. The summed E-state index contributed by atoms with van der Waals surface area (Å²) in [5.74, 6) is 0. The third-order valence-electron chi connectivity index (χ3n) is 3.91. The fraction of sp³-hybridized carbons (Fsp3) is 0.294. The van der Waals surface area contributed by atoms with Crippen LogP contribution in [0.5, 0.6) is 0 Å². The van der Waals surface area contributed by atoms with Gasteiger partial charge in [0.15, 0.2) is 0 Å². The number of fused-ring (bicyclic) bond motifs is 1. The van der Waals surface area contributed by atoms with Crippen LogP contribution in [0.25, 0.3) is 0 Å². The van der Waals surface area contributed by atoms with Crippen LogP contribution in [-0.4, -0.2) is 6.54 Å². The maximum atomic E-state index is 5.98. The van der Waals surface area contributed by atoms with Crippen molar-refractivity contribution < 1.29 is 0 Å². The van der Waals surface area contributed by atoms with Gasteiger partial charge >= 0.3 is 0 Å². The Hall–Kier alpha value is -1.48. The number of benzene rings is 2. The second-order valence-corrected chi connectivity index (χ2v) is 6.28. The summed E-state index contributed by atoms with van der Waals surface area (Å²) in [6.45, 7) is 0.907. The van der Waals surface area contributed by atoms with E-state index in [1.807, 2.05) is 18.2 Å². The zero-order valence-electron chi connectivity index (χ0n) is 11.5. The first-order valence-electron chi connectivity index (χ1n) is 7.12. The number of halogens is 1. The van der Waals surface area contributed by atoms with E-state index >= 15 is 0 Å². The van der Waals surface area contributed by atoms with Crippen molar-refractivity contribution in [1.29, 1.82) is 0 Å². The van der Waals surface area contributed by atoms with Crippen molar-refractivity contribution in [3.63, 3.8) is 0 Å². The molecular formula is C17H19BrN2. The van der Waals surface area contributed by atoms with Gasteiger partial charge in [0.25, 0.3) is 0 Å². The van der Waals surface area contributed by atoms with Crippen molar-refractivity contribution in [3.8, 4) is 0 Å². The van der Waals surface area contributed by atoms with Gasteiger partial charge in [-0.25, -0.2) is 0 Å². The van der Waals surface area contributed by atoms with E-state index in [-0.39, 0.29) is 0 Å². The number of anilines is 2. The fourth-order valence-electron chi connectivity index (χ4n) is 2.82. The van der Waals surface area contributed by atoms with E-state index in [1.54, 1.807) is 11.1 Å². The van der Waals surface area contributed by atoms with Crippen LogP contribution in [0.1, 0.15) is 23.1 Å². The van der Waals surface area contributed by atoms with Crippen LogP contribution in [0, 0.1) is 0 Å². The summed E-state index contributed by atoms with van der Waals surface area (Å²) >= 11 is 3.42. The molecule has 0 heterocycles. The van der Waals surface area contributed by atoms with Crippen molar-refractivity contribution in [2.24, 2.45) is 0 Å². The molecule has 2 aromatic rings. The summed E-state index contributed by atoms with van der Waals surface area (Å²) in [5, 5.41) is 3.41. The van der Waals surface area contributed by atoms with E-state index in [0.29, 0.717) is 0 Å². The lowest BCUT2D eigenvalue weighted by molar-refractivity contribution is 0.911. The van der Waals surface area contributed by atoms with Crippen LogP contribution in [0.3, 0.4) is 0 Å². The summed E-state index contributed by atoms with van der Waals surface area (Å²) in [4.78, 5) is 0. The highest BCUT2D eigenvalue weighted by Crippen LogP contribution is 2.24. The first-order chi connectivity index (χ1) is 9.72. The second kappa shape index (κ2) is 5.88. The molecule has 0 amide bonds. The van der Waals surface area contributed by atoms with E-state index in [1.165, 1.54) is 24.8 Å². The third kappa shape index (κ3) is 2.98. The second-order valence-electron chi connectivity index (χ2n) is 5.36. The van der Waals surface area contributed by atoms with Gasteiger partial charge in [-0.2, -0.15) is 0 Å². The number of hydrogen-bond acceptors (Lipinski definition) is 2. The third-order valence-corrected chi connectivity index (χ3v) is 4.40. The molecule has 0 bridgehead atoms. The van der Waals surface area contributed by atoms with Crippen LogP contribution in [0.4, 0.5) is 11.4 Å². The fourth-order valence-corrected chi connectivity index (χ4v) is 3.20. The van der Waals surface area contributed by atoms with E-state index in [2.05, 4.69) is 39.4 Å². The van der Waals surface area contributed by atoms with Gasteiger partial charge in [0.2, 0.25) is 0 Å². The molecular weight excluding hydrogens is 312 g/mol. The number of nitrogens with one attached hydrogen (secondary N) is 1. The lowest BCUT2D eigenvalue weighted by Gasteiger charge is -2.10. The molecule has 0 saturated carbocycles. The molecule has 2 nitrogen and oxygen atoms in total. The monoisotopic (exact) mass is 330 g/mol. The zero-order chi connectivity index (χ0) is 13.9. The first-order valence-corrected chi connectivity index (χ1v) is 7.91. The summed E-state index contributed by atoms with van der Waals surface area (Å²) < 4.78 is 1.01. The molecule has 20 heavy (non-hydrogen) atoms. The molecule has 3 N–H and O–H groups in total. The number of aryl methyl sites for hydroxylation is 2. The smallest absolute Gasteiger partial charge is 0.0574 e. The lowest BCUT2D eigenvalue weighted by Crippen LogP contribution is -2.07. The van der Waals surface area contributed by atoms with Crippen LogP contribution >= 0.6 is 15.9 Å². The number of hydrogen-bond donors (Lipinski definition) is 2. The van der Waals surface area contributed by atoms with Gasteiger partial charge in [0.1, 0.15) is 0 Å². The van der Waals surface area contributed by atoms with Gasteiger partial charge in [0, 0.05) is 11.0 Å². The molecule has 0 fully saturated rings. The molecule has 0 aromatic heterocycles. The maximum absolute atomic E-state index is 5.98. The Morgan fingerprint density at radius 3 is 2.75 bits per heavy atom. The molecule has 1 aliphatic carbocycles. The van der Waals surface area contributed by atoms with Crippen molar-refractivity contribution in [2.45, 2.75) is 25.7 Å². The van der Waals surface area contributed by atoms with E-state index < -0.39 is 0 Å². The summed E-state index contributed by atoms with van der Waals surface area (Å²) in [6, 6.07) is 12.9. The minimum atomic E-state index is 0.785. The number of rotatable bonds is 4. The van der Waals surface area contributed by atoms with E-state index in [0.717, 1.165) is 28.8 Å². The molecule has 0 atom stereocenters. The van der Waals surface area contributed by atoms with Gasteiger partial charge in [-0.15, -0.1) is 0 Å². The molecule has 3 heteroatoms. The first kappa shape index (κ1) is 13.5. The Balaban J connectivity index is 1.60. The SMILES string of the molecule is Nc1cc(Br)ccc1NCCc1ccc2c(c1)CCC2. The predicted octanol–water partition coefficient (Wildman–Crippen LogP) is 4.17. The average molecular weight is 331 g/mol. The normalized spacial score (nSPS) is 13.2. The zero-order valence-corrected chi connectivity index (χ0v) is 13.0. The molecule has 104 valence electrons. The van der Waals surface area contributed by atoms with Crippen LogP contribution in [-0.2, 0) is 19.3 Å². The average Bonchev–Trinajstić information content (AvgIpc) is 2.89. The molecule has 0 radical (unpaired) electrons. The Bertz CT molecular complexity index is 622. The number of nitrogen functional groups attached to an aromatic ring is 1. The van der Waals surface area contributed by atoms with E-state index in [4.69, 9.17) is 5.73 Å². The topological polar surface area (TPSA) is 38.0 Å². The largest absolute Gasteiger partial charge is 0.397 e. The van der Waals surface area contributed by atoms with Crippen molar-refractivity contribution in [2.75, 3.05) is 17.6 Å². The minimum absolute atomic E-state index is 0.785. The summed E-state index contributed by atoms with van der Waals surface area (Å²) in [6.07, 6.45) is 4.84. The lowest BCUT2D eigenvalue weighted by atomic mass is 10.0. The molecule has 2 aromatic carbocycles. The molecule has 0 saturated heterocycles. The van der Waals surface area contributed by atoms with Crippen LogP contribution in [0.2, 0.25) is 0 Å². The molecule has 0 aliphatic heterocycles. The Labute approximate surface area is 128 Å². The van der Waals surface area contributed by atoms with Gasteiger partial charge in [-0.3, -0.25) is 0 Å². The van der Waals surface area contributed by atoms with Crippen LogP contribution < -0.4 is 11.1 Å². The van der Waals surface area contributed by atoms with Gasteiger partial charge in [-0.05, 0) is 60.6 Å². The Kier molecular flexibility index (Phi) is 3.97. The highest BCUT2D eigenvalue weighted by atomic mass is 79.9. The quantitative estimate of drug-likeness (QED) is 0.825. The van der Waals surface area contributed by atoms with Gasteiger partial charge in [-0.1, -0.05) is 34.1 Å². The molecule has 0 spiro atoms. The number of nitrogens with two attached hydrogens (primary N) is 1. The highest BCUT2D eigenvalue weighted by molar-refractivity contribution is 9.10. The van der Waals surface area contributed by atoms with Gasteiger partial charge in [0.05, 0.1) is 11.4 Å². The summed E-state index contributed by atoms with van der Waals surface area (Å²) in [5.41, 5.74) is 12.3. The van der Waals surface area contributed by atoms with Crippen LogP contribution in [0.15, 0.2) is 40.9 Å². The van der Waals surface area contributed by atoms with Crippen molar-refractivity contribution >= 4 is 27.3 Å². The van der Waals surface area contributed by atoms with Crippen molar-refractivity contribution in [1.82, 2.24) is 0 Å². The predicted molar refractivity (Wildman–Crippen MR) is 89.2 cm³/mol. The maximum Gasteiger partial charge on any atom is 0.0574 e. The Morgan fingerprint density at radius 2 is 1.90 bits per heavy atom. The van der Waals surface area contributed by atoms with Gasteiger partial charge < -0.3 is 11.1 Å². The molecule has 3 rings (SSSR count). The molecule has 0 unspecified atom stereocenters. The standard InChI is InChI=1S/C17H19BrN2/c18-15-6-7-17(16(19)11-15)20-9-8-12-4-5-13-2-1-3-14(13)10-12/h4-7,10-11,20H,1-3,8-9,19H2. The highest BCUT2D eigenvalue weighted by Gasteiger charge is 2.10. The minimum Gasteiger partial charge on any atom is -0.397 e. The van der Waals surface area contributed by atoms with E-state index in [9.17, 15) is 0 Å². The summed E-state index contributed by atoms with van der Waals surface area (Å²) in [7, 11) is 0.